The van der Waals surface area contributed by atoms with Gasteiger partial charge in [0.2, 0.25) is 0 Å². The van der Waals surface area contributed by atoms with Crippen LogP contribution in [0.15, 0.2) is 6.58 Å². The average molecular weight is 295 g/mol. The molecule has 1 aliphatic carbocycles. The van der Waals surface area contributed by atoms with Gasteiger partial charge in [0.1, 0.15) is 18.7 Å². The van der Waals surface area contributed by atoms with Crippen molar-refractivity contribution >= 4 is 11.9 Å². The van der Waals surface area contributed by atoms with E-state index in [1.165, 1.54) is 0 Å². The zero-order valence-corrected chi connectivity index (χ0v) is 14.3. The molecule has 0 aromatic heterocycles. The Balaban J connectivity index is 0.00000128. The molecule has 1 aliphatic heterocycles. The molecular formula is C11H13O4Rb. The summed E-state index contributed by atoms with van der Waals surface area (Å²) < 4.78 is 10.0. The third kappa shape index (κ3) is 3.03. The van der Waals surface area contributed by atoms with E-state index in [9.17, 15) is 9.59 Å². The van der Waals surface area contributed by atoms with E-state index in [0.717, 1.165) is 19.3 Å². The Bertz CT molecular complexity index is 302. The number of esters is 2. The summed E-state index contributed by atoms with van der Waals surface area (Å²) in [6, 6.07) is 0. The van der Waals surface area contributed by atoms with Crippen LogP contribution in [0.5, 0.6) is 0 Å². The molecule has 3 atom stereocenters. The van der Waals surface area contributed by atoms with Gasteiger partial charge in [0.15, 0.2) is 0 Å². The number of hydrogen-bond acceptors (Lipinski definition) is 4. The number of rotatable bonds is 3. The van der Waals surface area contributed by atoms with Gasteiger partial charge in [0.25, 0.3) is 0 Å². The number of carbonyl (C=O) groups excluding carboxylic acids is 2. The van der Waals surface area contributed by atoms with Crippen molar-refractivity contribution in [2.45, 2.75) is 25.4 Å². The number of hydrogen-bond donors (Lipinski definition) is 0. The molecule has 82 valence electrons. The van der Waals surface area contributed by atoms with Crippen LogP contribution >= 0.6 is 0 Å². The van der Waals surface area contributed by atoms with E-state index >= 15 is 0 Å². The second-order valence-corrected chi connectivity index (χ2v) is 3.95. The fourth-order valence-electron chi connectivity index (χ4n) is 2.38. The Labute approximate surface area is 144 Å². The Morgan fingerprint density at radius 1 is 1.56 bits per heavy atom. The molecule has 4 nitrogen and oxygen atoms in total. The summed E-state index contributed by atoms with van der Waals surface area (Å²) in [5, 5.41) is 0. The van der Waals surface area contributed by atoms with Gasteiger partial charge < -0.3 is 15.5 Å². The molecule has 0 amide bonds. The molecule has 0 N–H and O–H groups in total. The van der Waals surface area contributed by atoms with E-state index in [1.807, 2.05) is 0 Å². The average Bonchev–Trinajstić information content (AvgIpc) is 2.75. The van der Waals surface area contributed by atoms with Gasteiger partial charge >= 0.3 is 64.2 Å². The largest absolute Gasteiger partial charge is 1.00 e. The van der Waals surface area contributed by atoms with Gasteiger partial charge in [-0.1, -0.05) is 0 Å². The maximum atomic E-state index is 11.4. The van der Waals surface area contributed by atoms with E-state index in [-0.39, 0.29) is 88.7 Å². The molecule has 16 heavy (non-hydrogen) atoms. The predicted octanol–water partition coefficient (Wildman–Crippen LogP) is -2.14. The third-order valence-corrected chi connectivity index (χ3v) is 3.13. The Kier molecular flexibility index (Phi) is 5.84. The van der Waals surface area contributed by atoms with Gasteiger partial charge in [-0.05, 0) is 19.3 Å². The zero-order chi connectivity index (χ0) is 10.8. The number of ether oxygens (including phenoxy) is 2. The smallest absolute Gasteiger partial charge is 0.489 e. The first kappa shape index (κ1) is 14.5. The molecule has 2 fully saturated rings. The van der Waals surface area contributed by atoms with Crippen molar-refractivity contribution in [3.8, 4) is 0 Å². The molecular weight excluding hydrogens is 282 g/mol. The van der Waals surface area contributed by atoms with E-state index in [4.69, 9.17) is 9.47 Å². The summed E-state index contributed by atoms with van der Waals surface area (Å²) in [5.74, 6) is -0.893. The van der Waals surface area contributed by atoms with Crippen LogP contribution in [0.3, 0.4) is 0 Å². The van der Waals surface area contributed by atoms with Gasteiger partial charge in [-0.2, -0.15) is 0 Å². The van der Waals surface area contributed by atoms with Crippen molar-refractivity contribution in [1.82, 2.24) is 0 Å². The minimum absolute atomic E-state index is 0. The van der Waals surface area contributed by atoms with E-state index in [2.05, 4.69) is 12.7 Å². The summed E-state index contributed by atoms with van der Waals surface area (Å²) in [7, 11) is 0. The van der Waals surface area contributed by atoms with Crippen molar-refractivity contribution in [2.75, 3.05) is 6.61 Å². The Hall–Kier alpha value is 0.485. The molecule has 1 saturated carbocycles. The molecule has 5 heteroatoms. The normalized spacial score (nSPS) is 31.2. The maximum Gasteiger partial charge on any atom is 1.00 e. The first-order valence-electron chi connectivity index (χ1n) is 5.12. The first-order chi connectivity index (χ1) is 7.22. The first-order valence-corrected chi connectivity index (χ1v) is 5.12. The van der Waals surface area contributed by atoms with Crippen LogP contribution in [0.2, 0.25) is 0 Å². The third-order valence-electron chi connectivity index (χ3n) is 3.13. The van der Waals surface area contributed by atoms with Gasteiger partial charge in [0.05, 0.1) is 5.92 Å². The Morgan fingerprint density at radius 2 is 2.31 bits per heavy atom. The van der Waals surface area contributed by atoms with Gasteiger partial charge in [-0.15, -0.1) is 0 Å². The van der Waals surface area contributed by atoms with Crippen LogP contribution < -0.4 is 58.2 Å². The van der Waals surface area contributed by atoms with E-state index in [0.29, 0.717) is 0 Å². The Morgan fingerprint density at radius 3 is 3.00 bits per heavy atom. The standard InChI is InChI=1S/C11H13O4.Rb/c1-2-10(12)14-6-8-7-4-3-5-9(7)15-11(8)13;/h7-9H,1,3-6H2;/q-1;+1. The number of fused-ring (bicyclic) bond motifs is 1. The second-order valence-electron chi connectivity index (χ2n) is 3.95. The maximum absolute atomic E-state index is 11.4. The summed E-state index contributed by atoms with van der Waals surface area (Å²) in [6.07, 6.45) is 5.16. The summed E-state index contributed by atoms with van der Waals surface area (Å²) >= 11 is 0. The predicted molar refractivity (Wildman–Crippen MR) is 50.5 cm³/mol. The fourth-order valence-corrected chi connectivity index (χ4v) is 2.38. The topological polar surface area (TPSA) is 52.6 Å². The monoisotopic (exact) mass is 294 g/mol. The van der Waals surface area contributed by atoms with Crippen LogP contribution in [-0.2, 0) is 19.1 Å². The van der Waals surface area contributed by atoms with Crippen molar-refractivity contribution in [2.24, 2.45) is 11.8 Å². The van der Waals surface area contributed by atoms with Gasteiger partial charge in [-0.25, -0.2) is 0 Å². The summed E-state index contributed by atoms with van der Waals surface area (Å²) in [6.45, 7) is 3.27. The molecule has 0 aromatic rings. The zero-order valence-electron chi connectivity index (χ0n) is 9.40. The van der Waals surface area contributed by atoms with Crippen molar-refractivity contribution in [1.29, 1.82) is 0 Å². The molecule has 1 saturated heterocycles. The molecule has 0 aromatic carbocycles. The molecule has 2 rings (SSSR count). The molecule has 0 bridgehead atoms. The molecule has 2 aliphatic rings. The fraction of sp³-hybridized carbons (Fsp3) is 0.636. The summed E-state index contributed by atoms with van der Waals surface area (Å²) in [4.78, 5) is 22.3. The molecule has 0 spiro atoms. The number of carbonyl (C=O) groups is 2. The van der Waals surface area contributed by atoms with Crippen LogP contribution in [0.1, 0.15) is 19.3 Å². The van der Waals surface area contributed by atoms with Crippen molar-refractivity contribution in [3.05, 3.63) is 12.7 Å². The van der Waals surface area contributed by atoms with Crippen molar-refractivity contribution < 1.29 is 77.3 Å². The summed E-state index contributed by atoms with van der Waals surface area (Å²) in [5.41, 5.74) is 0. The van der Waals surface area contributed by atoms with Crippen LogP contribution in [-0.4, -0.2) is 24.6 Å². The van der Waals surface area contributed by atoms with Gasteiger partial charge in [-0.3, -0.25) is 16.2 Å². The van der Waals surface area contributed by atoms with Gasteiger partial charge in [0, 0.05) is 5.92 Å². The molecule has 3 unspecified atom stereocenters. The molecule has 1 heterocycles. The van der Waals surface area contributed by atoms with E-state index < -0.39 is 5.97 Å². The minimum atomic E-state index is -0.607. The van der Waals surface area contributed by atoms with Crippen LogP contribution in [0.25, 0.3) is 0 Å². The molecule has 0 radical (unpaired) electrons. The SMILES string of the molecule is C=[C-]C(=O)OCC1C(=O)OC2CCCC21.[Rb+]. The second kappa shape index (κ2) is 6.43. The quantitative estimate of drug-likeness (QED) is 0.339. The van der Waals surface area contributed by atoms with Crippen molar-refractivity contribution in [3.63, 3.8) is 0 Å². The van der Waals surface area contributed by atoms with Crippen LogP contribution in [0, 0.1) is 17.9 Å². The van der Waals surface area contributed by atoms with Crippen LogP contribution in [0.4, 0.5) is 0 Å². The van der Waals surface area contributed by atoms with E-state index in [1.54, 1.807) is 0 Å². The minimum Gasteiger partial charge on any atom is -0.489 e.